The maximum atomic E-state index is 12.2. The van der Waals surface area contributed by atoms with Crippen LogP contribution in [-0.4, -0.2) is 35.8 Å². The van der Waals surface area contributed by atoms with E-state index in [1.54, 1.807) is 4.90 Å². The number of nitrogens with one attached hydrogen (secondary N) is 1. The molecule has 1 aliphatic heterocycles. The summed E-state index contributed by atoms with van der Waals surface area (Å²) in [7, 11) is 0. The molecule has 2 amide bonds. The summed E-state index contributed by atoms with van der Waals surface area (Å²) < 4.78 is 0. The van der Waals surface area contributed by atoms with Crippen LogP contribution in [0.4, 0.5) is 0 Å². The second kappa shape index (κ2) is 6.72. The number of hydrogen-bond acceptors (Lipinski definition) is 3. The van der Waals surface area contributed by atoms with Crippen LogP contribution < -0.4 is 11.1 Å². The molecule has 0 bridgehead atoms. The van der Waals surface area contributed by atoms with Gasteiger partial charge < -0.3 is 16.0 Å². The first-order valence-corrected chi connectivity index (χ1v) is 7.37. The van der Waals surface area contributed by atoms with Crippen LogP contribution in [0, 0.1) is 5.92 Å². The van der Waals surface area contributed by atoms with Gasteiger partial charge in [-0.1, -0.05) is 38.1 Å². The molecule has 1 atom stereocenters. The molecule has 0 unspecified atom stereocenters. The Morgan fingerprint density at radius 1 is 1.29 bits per heavy atom. The van der Waals surface area contributed by atoms with Crippen molar-refractivity contribution in [2.45, 2.75) is 32.9 Å². The third-order valence-corrected chi connectivity index (χ3v) is 3.92. The summed E-state index contributed by atoms with van der Waals surface area (Å²) in [6.07, 6.45) is 0.862. The Kier molecular flexibility index (Phi) is 4.96. The Morgan fingerprint density at radius 3 is 2.62 bits per heavy atom. The van der Waals surface area contributed by atoms with E-state index in [9.17, 15) is 9.59 Å². The van der Waals surface area contributed by atoms with Gasteiger partial charge in [-0.25, -0.2) is 0 Å². The standard InChI is InChI=1S/C16H23N3O2/c1-11(2)15(17)16(21)18-9-14(20)19-8-7-12-5-3-4-6-13(12)10-19/h3-6,11,15H,7-10,17H2,1-2H3,(H,18,21)/t15-/m0/s1. The zero-order valence-corrected chi connectivity index (χ0v) is 12.6. The zero-order valence-electron chi connectivity index (χ0n) is 12.6. The minimum Gasteiger partial charge on any atom is -0.346 e. The number of benzene rings is 1. The summed E-state index contributed by atoms with van der Waals surface area (Å²) in [5.74, 6) is -0.272. The van der Waals surface area contributed by atoms with E-state index in [4.69, 9.17) is 5.73 Å². The predicted octanol–water partition coefficient (Wildman–Crippen LogP) is 0.671. The molecule has 0 saturated heterocycles. The fraction of sp³-hybridized carbons (Fsp3) is 0.500. The number of rotatable bonds is 4. The molecule has 1 heterocycles. The van der Waals surface area contributed by atoms with Crippen molar-refractivity contribution in [3.05, 3.63) is 35.4 Å². The molecule has 1 aromatic carbocycles. The first-order valence-electron chi connectivity index (χ1n) is 7.37. The van der Waals surface area contributed by atoms with E-state index < -0.39 is 6.04 Å². The Morgan fingerprint density at radius 2 is 1.95 bits per heavy atom. The van der Waals surface area contributed by atoms with E-state index in [1.165, 1.54) is 11.1 Å². The lowest BCUT2D eigenvalue weighted by Crippen LogP contribution is -2.48. The quantitative estimate of drug-likeness (QED) is 0.855. The summed E-state index contributed by atoms with van der Waals surface area (Å²) in [5, 5.41) is 2.63. The van der Waals surface area contributed by atoms with E-state index in [0.29, 0.717) is 13.1 Å². The van der Waals surface area contributed by atoms with E-state index in [2.05, 4.69) is 11.4 Å². The van der Waals surface area contributed by atoms with Gasteiger partial charge in [0.15, 0.2) is 0 Å². The summed E-state index contributed by atoms with van der Waals surface area (Å²) in [5.41, 5.74) is 8.23. The monoisotopic (exact) mass is 289 g/mol. The fourth-order valence-electron chi connectivity index (χ4n) is 2.40. The SMILES string of the molecule is CC(C)[C@H](N)C(=O)NCC(=O)N1CCc2ccccc2C1. The molecule has 2 rings (SSSR count). The average Bonchev–Trinajstić information content (AvgIpc) is 2.50. The predicted molar refractivity (Wildman–Crippen MR) is 81.4 cm³/mol. The number of hydrogen-bond donors (Lipinski definition) is 2. The number of nitrogens with two attached hydrogens (primary N) is 1. The van der Waals surface area contributed by atoms with Crippen LogP contribution in [0.2, 0.25) is 0 Å². The van der Waals surface area contributed by atoms with Crippen LogP contribution in [0.15, 0.2) is 24.3 Å². The van der Waals surface area contributed by atoms with Crippen LogP contribution >= 0.6 is 0 Å². The van der Waals surface area contributed by atoms with Gasteiger partial charge in [0.05, 0.1) is 12.6 Å². The summed E-state index contributed by atoms with van der Waals surface area (Å²) in [4.78, 5) is 25.7. The van der Waals surface area contributed by atoms with Crippen molar-refractivity contribution < 1.29 is 9.59 Å². The molecule has 0 spiro atoms. The van der Waals surface area contributed by atoms with Crippen molar-refractivity contribution in [3.8, 4) is 0 Å². The molecule has 0 saturated carbocycles. The number of carbonyl (C=O) groups excluding carboxylic acids is 2. The number of carbonyl (C=O) groups is 2. The highest BCUT2D eigenvalue weighted by atomic mass is 16.2. The van der Waals surface area contributed by atoms with Gasteiger partial charge in [0, 0.05) is 13.1 Å². The van der Waals surface area contributed by atoms with Crippen molar-refractivity contribution in [3.63, 3.8) is 0 Å². The van der Waals surface area contributed by atoms with Gasteiger partial charge in [0.25, 0.3) is 0 Å². The van der Waals surface area contributed by atoms with Gasteiger partial charge in [-0.2, -0.15) is 0 Å². The smallest absolute Gasteiger partial charge is 0.242 e. The van der Waals surface area contributed by atoms with Crippen molar-refractivity contribution in [1.82, 2.24) is 10.2 Å². The lowest BCUT2D eigenvalue weighted by molar-refractivity contribution is -0.134. The van der Waals surface area contributed by atoms with Crippen molar-refractivity contribution in [2.24, 2.45) is 11.7 Å². The van der Waals surface area contributed by atoms with Gasteiger partial charge in [0.1, 0.15) is 0 Å². The van der Waals surface area contributed by atoms with Gasteiger partial charge >= 0.3 is 0 Å². The van der Waals surface area contributed by atoms with Crippen LogP contribution in [0.3, 0.4) is 0 Å². The van der Waals surface area contributed by atoms with Crippen molar-refractivity contribution >= 4 is 11.8 Å². The summed E-state index contributed by atoms with van der Waals surface area (Å²) >= 11 is 0. The Balaban J connectivity index is 1.87. The third-order valence-electron chi connectivity index (χ3n) is 3.92. The average molecular weight is 289 g/mol. The van der Waals surface area contributed by atoms with E-state index in [0.717, 1.165) is 6.42 Å². The van der Waals surface area contributed by atoms with Crippen molar-refractivity contribution in [2.75, 3.05) is 13.1 Å². The molecular weight excluding hydrogens is 266 g/mol. The first kappa shape index (κ1) is 15.5. The molecule has 5 heteroatoms. The molecule has 21 heavy (non-hydrogen) atoms. The molecule has 0 aromatic heterocycles. The molecule has 0 aliphatic carbocycles. The fourth-order valence-corrected chi connectivity index (χ4v) is 2.40. The van der Waals surface area contributed by atoms with Crippen molar-refractivity contribution in [1.29, 1.82) is 0 Å². The minimum atomic E-state index is -0.570. The largest absolute Gasteiger partial charge is 0.346 e. The van der Waals surface area contributed by atoms with E-state index >= 15 is 0 Å². The highest BCUT2D eigenvalue weighted by molar-refractivity contribution is 5.87. The molecule has 1 aliphatic rings. The van der Waals surface area contributed by atoms with Gasteiger partial charge in [-0.05, 0) is 23.5 Å². The molecule has 0 fully saturated rings. The topological polar surface area (TPSA) is 75.4 Å². The Hall–Kier alpha value is -1.88. The second-order valence-electron chi connectivity index (χ2n) is 5.82. The van der Waals surface area contributed by atoms with Crippen LogP contribution in [-0.2, 0) is 22.6 Å². The second-order valence-corrected chi connectivity index (χ2v) is 5.82. The maximum absolute atomic E-state index is 12.2. The van der Waals surface area contributed by atoms with Gasteiger partial charge in [0.2, 0.25) is 11.8 Å². The van der Waals surface area contributed by atoms with E-state index in [1.807, 2.05) is 32.0 Å². The zero-order chi connectivity index (χ0) is 15.4. The Bertz CT molecular complexity index is 528. The number of amides is 2. The third kappa shape index (κ3) is 3.82. The highest BCUT2D eigenvalue weighted by Gasteiger charge is 2.22. The lowest BCUT2D eigenvalue weighted by atomic mass is 10.00. The lowest BCUT2D eigenvalue weighted by Gasteiger charge is -2.29. The Labute approximate surface area is 125 Å². The molecular formula is C16H23N3O2. The van der Waals surface area contributed by atoms with Gasteiger partial charge in [-0.15, -0.1) is 0 Å². The molecule has 114 valence electrons. The minimum absolute atomic E-state index is 0.0153. The number of fused-ring (bicyclic) bond motifs is 1. The van der Waals surface area contributed by atoms with E-state index in [-0.39, 0.29) is 24.3 Å². The molecule has 3 N–H and O–H groups in total. The highest BCUT2D eigenvalue weighted by Crippen LogP contribution is 2.18. The summed E-state index contributed by atoms with van der Waals surface area (Å²) in [6.45, 7) is 5.09. The van der Waals surface area contributed by atoms with Crippen LogP contribution in [0.25, 0.3) is 0 Å². The van der Waals surface area contributed by atoms with Gasteiger partial charge in [-0.3, -0.25) is 9.59 Å². The molecule has 1 aromatic rings. The maximum Gasteiger partial charge on any atom is 0.242 e. The first-order chi connectivity index (χ1) is 9.99. The summed E-state index contributed by atoms with van der Waals surface area (Å²) in [6, 6.07) is 7.57. The molecule has 5 nitrogen and oxygen atoms in total. The van der Waals surface area contributed by atoms with Crippen LogP contribution in [0.5, 0.6) is 0 Å². The van der Waals surface area contributed by atoms with Crippen LogP contribution in [0.1, 0.15) is 25.0 Å². The molecule has 0 radical (unpaired) electrons. The number of nitrogens with zero attached hydrogens (tertiary/aromatic N) is 1. The normalized spacial score (nSPS) is 15.5.